The van der Waals surface area contributed by atoms with Crippen LogP contribution in [0, 0.1) is 0 Å². The van der Waals surface area contributed by atoms with Crippen molar-refractivity contribution in [2.75, 3.05) is 0 Å². The van der Waals surface area contributed by atoms with Gasteiger partial charge in [0.1, 0.15) is 0 Å². The maximum absolute atomic E-state index is 10.3. The fourth-order valence-electron chi connectivity index (χ4n) is 0. The van der Waals surface area contributed by atoms with E-state index in [9.17, 15) is 5.11 Å². The topological polar surface area (TPSA) is 79.8 Å². The first-order valence-electron chi connectivity index (χ1n) is 2.33. The predicted octanol–water partition coefficient (Wildman–Crippen LogP) is -0.118. The van der Waals surface area contributed by atoms with Crippen molar-refractivity contribution in [2.45, 2.75) is 32.5 Å². The maximum Gasteiger partial charge on any atom is 0.0465 e. The van der Waals surface area contributed by atoms with Gasteiger partial charge in [-0.3, -0.25) is 0 Å². The molecule has 0 aromatic rings. The van der Waals surface area contributed by atoms with E-state index in [1.807, 2.05) is 0 Å². The molecule has 0 saturated carbocycles. The number of hydrogen-bond acceptors (Lipinski definition) is 2. The van der Waals surface area contributed by atoms with Crippen LogP contribution in [0.4, 0.5) is 0 Å². The zero-order valence-electron chi connectivity index (χ0n) is 5.93. The molecule has 0 heterocycles. The van der Waals surface area contributed by atoms with Crippen LogP contribution in [0.1, 0.15) is 20.8 Å². The molecule has 0 saturated heterocycles. The van der Waals surface area contributed by atoms with E-state index >= 15 is 0 Å². The van der Waals surface area contributed by atoms with Crippen LogP contribution in [0.25, 0.3) is 0 Å². The third kappa shape index (κ3) is 4.05. The van der Waals surface area contributed by atoms with Gasteiger partial charge in [0.05, 0.1) is 0 Å². The summed E-state index contributed by atoms with van der Waals surface area (Å²) in [6.45, 7) is 4.45. The summed E-state index contributed by atoms with van der Waals surface area (Å²) in [5.74, 6) is 0. The predicted molar refractivity (Wildman–Crippen MR) is 31.7 cm³/mol. The zero-order chi connectivity index (χ0) is 6.08. The molecule has 8 heavy (non-hydrogen) atoms. The highest BCUT2D eigenvalue weighted by molar-refractivity contribution is 4.69. The monoisotopic (exact) mass is 121 g/mol. The van der Waals surface area contributed by atoms with Crippen LogP contribution >= 0.6 is 0 Å². The van der Waals surface area contributed by atoms with Gasteiger partial charge < -0.3 is 16.4 Å². The summed E-state index contributed by atoms with van der Waals surface area (Å²) in [4.78, 5) is 0. The van der Waals surface area contributed by atoms with Crippen LogP contribution in [0.15, 0.2) is 0 Å². The molecule has 0 aromatic carbocycles. The lowest BCUT2D eigenvalue weighted by Gasteiger charge is -2.30. The molecule has 3 nitrogen and oxygen atoms in total. The summed E-state index contributed by atoms with van der Waals surface area (Å²) in [6.07, 6.45) is -0.896. The average Bonchev–Trinajstić information content (AvgIpc) is 1.31. The van der Waals surface area contributed by atoms with Gasteiger partial charge in [-0.2, -0.15) is 0 Å². The molecule has 3 heteroatoms. The summed E-state index contributed by atoms with van der Waals surface area (Å²) < 4.78 is 0. The Balaban J connectivity index is 0. The van der Waals surface area contributed by atoms with E-state index < -0.39 is 11.7 Å². The largest absolute Gasteiger partial charge is 0.850 e. The Morgan fingerprint density at radius 2 is 1.62 bits per heavy atom. The van der Waals surface area contributed by atoms with Crippen LogP contribution in [-0.2, 0) is 0 Å². The standard InChI is InChI=1S/C5H11O2.H3N/c1-4(6)5(2,3)7;/h4,7H,1-3H3;1H3/q-1;/p+1. The molecule has 0 bridgehead atoms. The quantitative estimate of drug-likeness (QED) is 0.507. The van der Waals surface area contributed by atoms with E-state index in [2.05, 4.69) is 0 Å². The lowest BCUT2D eigenvalue weighted by Crippen LogP contribution is -2.43. The minimum atomic E-state index is -1.06. The van der Waals surface area contributed by atoms with Gasteiger partial charge >= 0.3 is 0 Å². The smallest absolute Gasteiger partial charge is 0.0465 e. The van der Waals surface area contributed by atoms with Crippen LogP contribution < -0.4 is 11.3 Å². The molecule has 0 aliphatic rings. The summed E-state index contributed by atoms with van der Waals surface area (Å²) in [5.41, 5.74) is -1.06. The molecule has 0 spiro atoms. The SMILES string of the molecule is CC([O-])C(C)(C)O.[NH4+]. The molecule has 52 valence electrons. The van der Waals surface area contributed by atoms with Gasteiger partial charge in [-0.25, -0.2) is 0 Å². The molecule has 0 radical (unpaired) electrons. The van der Waals surface area contributed by atoms with Crippen LogP contribution in [0.2, 0.25) is 0 Å². The highest BCUT2D eigenvalue weighted by atomic mass is 16.3. The number of quaternary nitrogens is 1. The van der Waals surface area contributed by atoms with Crippen molar-refractivity contribution in [1.82, 2.24) is 6.15 Å². The van der Waals surface area contributed by atoms with Gasteiger partial charge in [0.2, 0.25) is 0 Å². The van der Waals surface area contributed by atoms with E-state index in [1.54, 1.807) is 0 Å². The van der Waals surface area contributed by atoms with E-state index in [0.29, 0.717) is 0 Å². The number of hydrogen-bond donors (Lipinski definition) is 2. The van der Waals surface area contributed by atoms with Gasteiger partial charge in [0.25, 0.3) is 0 Å². The van der Waals surface area contributed by atoms with E-state index in [0.717, 1.165) is 0 Å². The molecule has 5 N–H and O–H groups in total. The van der Waals surface area contributed by atoms with Gasteiger partial charge in [0, 0.05) is 5.60 Å². The molecular weight excluding hydrogens is 106 g/mol. The Morgan fingerprint density at radius 3 is 1.62 bits per heavy atom. The normalized spacial score (nSPS) is 14.6. The molecule has 0 aliphatic heterocycles. The zero-order valence-corrected chi connectivity index (χ0v) is 5.93. The Morgan fingerprint density at radius 1 is 1.50 bits per heavy atom. The van der Waals surface area contributed by atoms with Crippen molar-refractivity contribution in [1.29, 1.82) is 0 Å². The molecule has 0 rings (SSSR count). The van der Waals surface area contributed by atoms with E-state index in [-0.39, 0.29) is 6.15 Å². The van der Waals surface area contributed by atoms with Gasteiger partial charge in [-0.1, -0.05) is 6.92 Å². The lowest BCUT2D eigenvalue weighted by atomic mass is 10.0. The maximum atomic E-state index is 10.3. The molecule has 0 aliphatic carbocycles. The second-order valence-electron chi connectivity index (χ2n) is 2.30. The molecular formula is C5H15NO2. The molecule has 1 unspecified atom stereocenters. The number of rotatable bonds is 1. The number of aliphatic hydroxyl groups is 1. The summed E-state index contributed by atoms with van der Waals surface area (Å²) in [5, 5.41) is 19.1. The van der Waals surface area contributed by atoms with Crippen molar-refractivity contribution in [3.05, 3.63) is 0 Å². The first-order valence-corrected chi connectivity index (χ1v) is 2.33. The van der Waals surface area contributed by atoms with Crippen LogP contribution in [0.5, 0.6) is 0 Å². The van der Waals surface area contributed by atoms with E-state index in [1.165, 1.54) is 20.8 Å². The molecule has 0 amide bonds. The van der Waals surface area contributed by atoms with Crippen LogP contribution in [-0.4, -0.2) is 16.8 Å². The third-order valence-corrected chi connectivity index (χ3v) is 0.995. The second-order valence-corrected chi connectivity index (χ2v) is 2.30. The summed E-state index contributed by atoms with van der Waals surface area (Å²) in [6, 6.07) is 0. The van der Waals surface area contributed by atoms with Gasteiger partial charge in [0.15, 0.2) is 0 Å². The first kappa shape index (κ1) is 10.8. The first-order chi connectivity index (χ1) is 2.94. The Kier molecular flexibility index (Phi) is 4.07. The summed E-state index contributed by atoms with van der Waals surface area (Å²) in [7, 11) is 0. The fourth-order valence-corrected chi connectivity index (χ4v) is 0. The molecule has 0 fully saturated rings. The highest BCUT2D eigenvalue weighted by Crippen LogP contribution is 2.02. The van der Waals surface area contributed by atoms with Crippen molar-refractivity contribution in [3.63, 3.8) is 0 Å². The minimum Gasteiger partial charge on any atom is -0.850 e. The Bertz CT molecular complexity index is 55.9. The molecule has 0 aromatic heterocycles. The lowest BCUT2D eigenvalue weighted by molar-refractivity contribution is -0.444. The van der Waals surface area contributed by atoms with Gasteiger partial charge in [-0.05, 0) is 13.8 Å². The third-order valence-electron chi connectivity index (χ3n) is 0.995. The van der Waals surface area contributed by atoms with E-state index in [4.69, 9.17) is 5.11 Å². The van der Waals surface area contributed by atoms with Crippen molar-refractivity contribution in [3.8, 4) is 0 Å². The van der Waals surface area contributed by atoms with Crippen molar-refractivity contribution >= 4 is 0 Å². The Hall–Kier alpha value is -0.120. The second kappa shape index (κ2) is 3.02. The summed E-state index contributed by atoms with van der Waals surface area (Å²) >= 11 is 0. The fraction of sp³-hybridized carbons (Fsp3) is 1.00. The van der Waals surface area contributed by atoms with Crippen molar-refractivity contribution < 1.29 is 10.2 Å². The van der Waals surface area contributed by atoms with Crippen molar-refractivity contribution in [2.24, 2.45) is 0 Å². The molecule has 1 atom stereocenters. The minimum absolute atomic E-state index is 0. The van der Waals surface area contributed by atoms with Crippen LogP contribution in [0.3, 0.4) is 0 Å². The van der Waals surface area contributed by atoms with Gasteiger partial charge in [-0.15, -0.1) is 6.10 Å². The average molecular weight is 121 g/mol. The highest BCUT2D eigenvalue weighted by Gasteiger charge is 2.10. The Labute approximate surface area is 49.9 Å².